The quantitative estimate of drug-likeness (QED) is 0.595. The molecule has 2 aromatic rings. The number of nitrogens with one attached hydrogen (secondary N) is 1. The molecule has 1 amide bonds. The zero-order valence-electron chi connectivity index (χ0n) is 18.7. The monoisotopic (exact) mass is 463 g/mol. The Labute approximate surface area is 197 Å². The minimum atomic E-state index is -0.374. The van der Waals surface area contributed by atoms with E-state index in [0.29, 0.717) is 23.6 Å². The molecule has 0 bridgehead atoms. The number of carbonyl (C=O) groups excluding carboxylic acids is 2. The van der Waals surface area contributed by atoms with E-state index in [-0.39, 0.29) is 24.5 Å². The molecule has 0 radical (unpaired) electrons. The molecule has 0 aromatic heterocycles. The van der Waals surface area contributed by atoms with Crippen molar-refractivity contribution in [3.8, 4) is 5.75 Å². The van der Waals surface area contributed by atoms with Crippen molar-refractivity contribution >= 4 is 34.5 Å². The molecule has 7 nitrogen and oxygen atoms in total. The topological polar surface area (TPSA) is 80.2 Å². The Bertz CT molecular complexity index is 1140. The van der Waals surface area contributed by atoms with E-state index in [2.05, 4.69) is 10.3 Å². The first-order valence-corrected chi connectivity index (χ1v) is 11.5. The van der Waals surface area contributed by atoms with Crippen molar-refractivity contribution in [2.75, 3.05) is 18.5 Å². The molecule has 2 heterocycles. The molecule has 1 N–H and O–H groups in total. The molecule has 2 aliphatic heterocycles. The van der Waals surface area contributed by atoms with Gasteiger partial charge in [-0.05, 0) is 56.0 Å². The summed E-state index contributed by atoms with van der Waals surface area (Å²) in [5.74, 6) is -0.0492. The fraction of sp³-hybridized carbons (Fsp3) is 0.240. The van der Waals surface area contributed by atoms with Crippen LogP contribution in [0, 0.1) is 6.92 Å². The molecule has 2 aliphatic rings. The number of thioether (sulfide) groups is 1. The number of aliphatic imine (C=N–C) groups is 1. The summed E-state index contributed by atoms with van der Waals surface area (Å²) in [4.78, 5) is 31.4. The lowest BCUT2D eigenvalue weighted by Crippen LogP contribution is -2.34. The third kappa shape index (κ3) is 5.12. The lowest BCUT2D eigenvalue weighted by atomic mass is 9.95. The van der Waals surface area contributed by atoms with Gasteiger partial charge in [-0.1, -0.05) is 41.6 Å². The molecule has 0 spiro atoms. The van der Waals surface area contributed by atoms with Gasteiger partial charge in [-0.2, -0.15) is 0 Å². The van der Waals surface area contributed by atoms with Crippen molar-refractivity contribution in [3.63, 3.8) is 0 Å². The number of amidine groups is 1. The number of amides is 1. The smallest absolute Gasteiger partial charge is 0.338 e. The number of anilines is 1. The van der Waals surface area contributed by atoms with Gasteiger partial charge in [0.25, 0.3) is 5.91 Å². The first-order valence-electron chi connectivity index (χ1n) is 10.6. The molecule has 8 heteroatoms. The van der Waals surface area contributed by atoms with Gasteiger partial charge < -0.3 is 19.7 Å². The van der Waals surface area contributed by atoms with Gasteiger partial charge in [-0.15, -0.1) is 0 Å². The largest absolute Gasteiger partial charge is 0.484 e. The van der Waals surface area contributed by atoms with Crippen LogP contribution >= 0.6 is 11.8 Å². The van der Waals surface area contributed by atoms with Crippen LogP contribution in [0.15, 0.2) is 76.4 Å². The van der Waals surface area contributed by atoms with Gasteiger partial charge in [-0.3, -0.25) is 4.79 Å². The van der Waals surface area contributed by atoms with E-state index >= 15 is 0 Å². The molecule has 0 saturated heterocycles. The maximum atomic E-state index is 12.7. The Hall–Kier alpha value is -3.52. The van der Waals surface area contributed by atoms with Crippen LogP contribution in [0.3, 0.4) is 0 Å². The van der Waals surface area contributed by atoms with Crippen molar-refractivity contribution in [2.45, 2.75) is 26.8 Å². The SMILES string of the molecule is CCOC(=O)C1=C(C)N=C2SC=CN2[C@H]1c1ccc(OCC(=O)Nc2ccc(C)cc2)cc1. The molecule has 4 rings (SSSR count). The number of rotatable bonds is 7. The number of nitrogens with zero attached hydrogens (tertiary/aromatic N) is 2. The van der Waals surface area contributed by atoms with E-state index in [0.717, 1.165) is 22.0 Å². The molecule has 2 aromatic carbocycles. The summed E-state index contributed by atoms with van der Waals surface area (Å²) in [6.45, 7) is 5.79. The van der Waals surface area contributed by atoms with Gasteiger partial charge in [0.15, 0.2) is 11.8 Å². The second-order valence-corrected chi connectivity index (χ2v) is 8.47. The van der Waals surface area contributed by atoms with Crippen LogP contribution in [-0.2, 0) is 14.3 Å². The van der Waals surface area contributed by atoms with E-state index in [1.807, 2.05) is 66.8 Å². The minimum absolute atomic E-state index is 0.105. The fourth-order valence-electron chi connectivity index (χ4n) is 3.63. The second kappa shape index (κ2) is 9.95. The lowest BCUT2D eigenvalue weighted by Gasteiger charge is -2.33. The van der Waals surface area contributed by atoms with Crippen molar-refractivity contribution in [2.24, 2.45) is 4.99 Å². The predicted octanol–water partition coefficient (Wildman–Crippen LogP) is 4.78. The number of allylic oxidation sites excluding steroid dienone is 1. The molecule has 0 fully saturated rings. The van der Waals surface area contributed by atoms with Crippen molar-refractivity contribution in [3.05, 3.63) is 82.5 Å². The predicted molar refractivity (Wildman–Crippen MR) is 130 cm³/mol. The van der Waals surface area contributed by atoms with Crippen LogP contribution in [-0.4, -0.2) is 35.2 Å². The van der Waals surface area contributed by atoms with Gasteiger partial charge in [0.2, 0.25) is 0 Å². The first-order chi connectivity index (χ1) is 16.0. The van der Waals surface area contributed by atoms with Crippen molar-refractivity contribution in [1.29, 1.82) is 0 Å². The normalized spacial score (nSPS) is 16.9. The van der Waals surface area contributed by atoms with E-state index in [1.54, 1.807) is 19.1 Å². The number of fused-ring (bicyclic) bond motifs is 1. The molecular formula is C25H25N3O4S. The fourth-order valence-corrected chi connectivity index (χ4v) is 4.42. The summed E-state index contributed by atoms with van der Waals surface area (Å²) in [6, 6.07) is 14.6. The Morgan fingerprint density at radius 2 is 1.82 bits per heavy atom. The van der Waals surface area contributed by atoms with Gasteiger partial charge in [0.05, 0.1) is 23.9 Å². The molecule has 0 aliphatic carbocycles. The van der Waals surface area contributed by atoms with Gasteiger partial charge in [-0.25, -0.2) is 9.79 Å². The van der Waals surface area contributed by atoms with Crippen LogP contribution in [0.25, 0.3) is 0 Å². The van der Waals surface area contributed by atoms with E-state index in [4.69, 9.17) is 9.47 Å². The second-order valence-electron chi connectivity index (χ2n) is 7.60. The number of hydrogen-bond donors (Lipinski definition) is 1. The summed E-state index contributed by atoms with van der Waals surface area (Å²) in [5, 5.41) is 5.57. The highest BCUT2D eigenvalue weighted by molar-refractivity contribution is 8.16. The Balaban J connectivity index is 1.46. The van der Waals surface area contributed by atoms with Crippen LogP contribution < -0.4 is 10.1 Å². The summed E-state index contributed by atoms with van der Waals surface area (Å²) in [7, 11) is 0. The van der Waals surface area contributed by atoms with Crippen LogP contribution in [0.2, 0.25) is 0 Å². The number of aryl methyl sites for hydroxylation is 1. The van der Waals surface area contributed by atoms with Crippen molar-refractivity contribution < 1.29 is 19.1 Å². The highest BCUT2D eigenvalue weighted by atomic mass is 32.2. The third-order valence-electron chi connectivity index (χ3n) is 5.22. The number of carbonyl (C=O) groups is 2. The van der Waals surface area contributed by atoms with Gasteiger partial charge >= 0.3 is 5.97 Å². The maximum absolute atomic E-state index is 12.7. The van der Waals surface area contributed by atoms with Crippen LogP contribution in [0.1, 0.15) is 31.0 Å². The standard InChI is InChI=1S/C25H25N3O4S/c1-4-31-24(30)22-17(3)26-25-28(13-14-33-25)23(22)18-7-11-20(12-8-18)32-15-21(29)27-19-9-5-16(2)6-10-19/h5-14,23H,4,15H2,1-3H3,(H,27,29)/t23-/m0/s1. The Morgan fingerprint density at radius 1 is 1.09 bits per heavy atom. The summed E-state index contributed by atoms with van der Waals surface area (Å²) < 4.78 is 11.0. The van der Waals surface area contributed by atoms with Crippen LogP contribution in [0.5, 0.6) is 5.75 Å². The number of benzene rings is 2. The summed E-state index contributed by atoms with van der Waals surface area (Å²) in [5.41, 5.74) is 3.91. The first kappa shape index (κ1) is 22.7. The summed E-state index contributed by atoms with van der Waals surface area (Å²) in [6.07, 6.45) is 1.92. The molecule has 170 valence electrons. The molecule has 0 saturated carbocycles. The van der Waals surface area contributed by atoms with E-state index in [1.165, 1.54) is 11.8 Å². The average Bonchev–Trinajstić information content (AvgIpc) is 3.27. The molecular weight excluding hydrogens is 438 g/mol. The molecule has 33 heavy (non-hydrogen) atoms. The summed E-state index contributed by atoms with van der Waals surface area (Å²) >= 11 is 1.51. The van der Waals surface area contributed by atoms with E-state index < -0.39 is 0 Å². The zero-order chi connectivity index (χ0) is 23.4. The minimum Gasteiger partial charge on any atom is -0.484 e. The number of hydrogen-bond acceptors (Lipinski definition) is 7. The maximum Gasteiger partial charge on any atom is 0.338 e. The number of esters is 1. The zero-order valence-corrected chi connectivity index (χ0v) is 19.5. The Morgan fingerprint density at radius 3 is 2.52 bits per heavy atom. The highest BCUT2D eigenvalue weighted by Gasteiger charge is 2.37. The third-order valence-corrected chi connectivity index (χ3v) is 5.99. The van der Waals surface area contributed by atoms with E-state index in [9.17, 15) is 9.59 Å². The Kier molecular flexibility index (Phi) is 6.84. The van der Waals surface area contributed by atoms with Crippen LogP contribution in [0.4, 0.5) is 5.69 Å². The molecule has 1 atom stereocenters. The lowest BCUT2D eigenvalue weighted by molar-refractivity contribution is -0.139. The number of ether oxygens (including phenoxy) is 2. The highest BCUT2D eigenvalue weighted by Crippen LogP contribution is 2.41. The van der Waals surface area contributed by atoms with Gasteiger partial charge in [0.1, 0.15) is 5.75 Å². The van der Waals surface area contributed by atoms with Crippen molar-refractivity contribution in [1.82, 2.24) is 4.90 Å². The molecule has 0 unspecified atom stereocenters. The average molecular weight is 464 g/mol. The van der Waals surface area contributed by atoms with Gasteiger partial charge in [0, 0.05) is 11.9 Å².